The normalized spacial score (nSPS) is 20.1. The molecule has 6 nitrogen and oxygen atoms in total. The second kappa shape index (κ2) is 10.4. The van der Waals surface area contributed by atoms with Crippen LogP contribution >= 0.6 is 11.6 Å². The van der Waals surface area contributed by atoms with Crippen molar-refractivity contribution in [3.8, 4) is 0 Å². The zero-order valence-electron chi connectivity index (χ0n) is 17.4. The molecule has 1 aromatic carbocycles. The molecule has 2 N–H and O–H groups in total. The van der Waals surface area contributed by atoms with Crippen molar-refractivity contribution in [2.45, 2.75) is 38.5 Å². The van der Waals surface area contributed by atoms with Crippen LogP contribution in [0, 0.1) is 5.82 Å². The summed E-state index contributed by atoms with van der Waals surface area (Å²) in [6.45, 7) is 9.08. The lowest BCUT2D eigenvalue weighted by Gasteiger charge is -2.38. The highest BCUT2D eigenvalue weighted by atomic mass is 35.5. The van der Waals surface area contributed by atoms with Crippen LogP contribution in [-0.2, 0) is 9.47 Å². The van der Waals surface area contributed by atoms with Crippen LogP contribution in [0.4, 0.5) is 4.39 Å². The van der Waals surface area contributed by atoms with E-state index in [2.05, 4.69) is 20.5 Å². The number of nitrogens with one attached hydrogen (secondary N) is 2. The molecule has 158 valence electrons. The van der Waals surface area contributed by atoms with Gasteiger partial charge in [0.2, 0.25) is 0 Å². The molecular weight excluding hydrogens is 383 g/mol. The monoisotopic (exact) mass is 414 g/mol. The molecule has 0 aromatic heterocycles. The summed E-state index contributed by atoms with van der Waals surface area (Å²) >= 11 is 6.38. The van der Waals surface area contributed by atoms with Gasteiger partial charge in [-0.25, -0.2) is 4.39 Å². The lowest BCUT2D eigenvalue weighted by Crippen LogP contribution is -2.50. The van der Waals surface area contributed by atoms with Gasteiger partial charge >= 0.3 is 0 Å². The van der Waals surface area contributed by atoms with Gasteiger partial charge in [0, 0.05) is 50.9 Å². The highest BCUT2D eigenvalue weighted by Crippen LogP contribution is 2.31. The SMILES string of the molecule is CN=C(NCC(c1c(F)cccc1Cl)N1CCOC(C)C1)NCC(C)(C)OC. The van der Waals surface area contributed by atoms with Gasteiger partial charge in [0.25, 0.3) is 0 Å². The Balaban J connectivity index is 2.16. The fourth-order valence-corrected chi connectivity index (χ4v) is 3.44. The van der Waals surface area contributed by atoms with Gasteiger partial charge in [-0.2, -0.15) is 0 Å². The van der Waals surface area contributed by atoms with Crippen molar-refractivity contribution >= 4 is 17.6 Å². The van der Waals surface area contributed by atoms with Crippen LogP contribution in [0.2, 0.25) is 5.02 Å². The van der Waals surface area contributed by atoms with E-state index in [4.69, 9.17) is 21.1 Å². The Morgan fingerprint density at radius 2 is 2.21 bits per heavy atom. The minimum absolute atomic E-state index is 0.0849. The molecule has 0 bridgehead atoms. The number of hydrogen-bond acceptors (Lipinski definition) is 4. The summed E-state index contributed by atoms with van der Waals surface area (Å²) in [4.78, 5) is 6.47. The number of methoxy groups -OCH3 is 1. The summed E-state index contributed by atoms with van der Waals surface area (Å²) in [5.41, 5.74) is 0.171. The van der Waals surface area contributed by atoms with Crippen LogP contribution in [0.25, 0.3) is 0 Å². The minimum atomic E-state index is -0.328. The first-order valence-corrected chi connectivity index (χ1v) is 9.94. The molecule has 0 spiro atoms. The fraction of sp³-hybridized carbons (Fsp3) is 0.650. The average Bonchev–Trinajstić information content (AvgIpc) is 2.66. The molecule has 0 radical (unpaired) electrons. The maximum atomic E-state index is 14.7. The summed E-state index contributed by atoms with van der Waals surface area (Å²) in [6.07, 6.45) is 0.0849. The third-order valence-electron chi connectivity index (χ3n) is 4.97. The molecule has 1 aliphatic rings. The Morgan fingerprint density at radius 1 is 1.46 bits per heavy atom. The average molecular weight is 415 g/mol. The third-order valence-corrected chi connectivity index (χ3v) is 5.30. The predicted molar refractivity (Wildman–Crippen MR) is 112 cm³/mol. The topological polar surface area (TPSA) is 58.1 Å². The molecule has 1 heterocycles. The standard InChI is InChI=1S/C20H32ClFN4O2/c1-14-12-26(9-10-28-14)17(18-15(21)7-6-8-16(18)22)11-24-19(23-4)25-13-20(2,3)27-5/h6-8,14,17H,9-13H2,1-5H3,(H2,23,24,25). The van der Waals surface area contributed by atoms with E-state index in [-0.39, 0.29) is 23.6 Å². The number of halogens is 2. The molecule has 8 heteroatoms. The number of guanidine groups is 1. The molecule has 2 unspecified atom stereocenters. The van der Waals surface area contributed by atoms with E-state index < -0.39 is 0 Å². The summed E-state index contributed by atoms with van der Waals surface area (Å²) in [5.74, 6) is 0.325. The van der Waals surface area contributed by atoms with Gasteiger partial charge in [-0.3, -0.25) is 9.89 Å². The molecule has 0 amide bonds. The number of morpholine rings is 1. The van der Waals surface area contributed by atoms with E-state index in [1.54, 1.807) is 26.3 Å². The number of aliphatic imine (C=N–C) groups is 1. The molecule has 1 saturated heterocycles. The quantitative estimate of drug-likeness (QED) is 0.530. The van der Waals surface area contributed by atoms with Crippen molar-refractivity contribution in [2.75, 3.05) is 46.9 Å². The molecule has 2 rings (SSSR count). The molecule has 2 atom stereocenters. The Bertz CT molecular complexity index is 651. The van der Waals surface area contributed by atoms with Crippen LogP contribution in [0.3, 0.4) is 0 Å². The van der Waals surface area contributed by atoms with Crippen molar-refractivity contribution in [3.63, 3.8) is 0 Å². The Kier molecular flexibility index (Phi) is 8.49. The minimum Gasteiger partial charge on any atom is -0.377 e. The molecule has 1 aliphatic heterocycles. The molecular formula is C20H32ClFN4O2. The van der Waals surface area contributed by atoms with Crippen LogP contribution < -0.4 is 10.6 Å². The number of nitrogens with zero attached hydrogens (tertiary/aromatic N) is 2. The van der Waals surface area contributed by atoms with E-state index in [1.807, 2.05) is 20.8 Å². The van der Waals surface area contributed by atoms with Crippen LogP contribution in [0.5, 0.6) is 0 Å². The Labute approximate surface area is 172 Å². The summed E-state index contributed by atoms with van der Waals surface area (Å²) in [5, 5.41) is 6.98. The highest BCUT2D eigenvalue weighted by molar-refractivity contribution is 6.31. The van der Waals surface area contributed by atoms with E-state index in [1.165, 1.54) is 6.07 Å². The number of benzene rings is 1. The third kappa shape index (κ3) is 6.30. The van der Waals surface area contributed by atoms with Gasteiger partial charge in [-0.15, -0.1) is 0 Å². The summed E-state index contributed by atoms with van der Waals surface area (Å²) in [6, 6.07) is 4.56. The maximum absolute atomic E-state index is 14.7. The van der Waals surface area contributed by atoms with Gasteiger partial charge in [-0.1, -0.05) is 17.7 Å². The van der Waals surface area contributed by atoms with Crippen LogP contribution in [0.1, 0.15) is 32.4 Å². The second-order valence-corrected chi connectivity index (χ2v) is 8.01. The van der Waals surface area contributed by atoms with E-state index in [0.29, 0.717) is 49.3 Å². The Morgan fingerprint density at radius 3 is 2.82 bits per heavy atom. The number of hydrogen-bond donors (Lipinski definition) is 2. The first-order valence-electron chi connectivity index (χ1n) is 9.56. The van der Waals surface area contributed by atoms with Crippen molar-refractivity contribution in [2.24, 2.45) is 4.99 Å². The van der Waals surface area contributed by atoms with Crippen molar-refractivity contribution < 1.29 is 13.9 Å². The smallest absolute Gasteiger partial charge is 0.191 e. The molecule has 0 aliphatic carbocycles. The van der Waals surface area contributed by atoms with E-state index in [0.717, 1.165) is 0 Å². The first-order chi connectivity index (χ1) is 13.3. The van der Waals surface area contributed by atoms with Crippen molar-refractivity contribution in [3.05, 3.63) is 34.6 Å². The van der Waals surface area contributed by atoms with Crippen LogP contribution in [-0.4, -0.2) is 69.5 Å². The predicted octanol–water partition coefficient (Wildman–Crippen LogP) is 2.83. The van der Waals surface area contributed by atoms with E-state index in [9.17, 15) is 4.39 Å². The zero-order valence-corrected chi connectivity index (χ0v) is 18.1. The van der Waals surface area contributed by atoms with Crippen molar-refractivity contribution in [1.29, 1.82) is 0 Å². The number of ether oxygens (including phenoxy) is 2. The lowest BCUT2D eigenvalue weighted by atomic mass is 10.0. The fourth-order valence-electron chi connectivity index (χ4n) is 3.15. The van der Waals surface area contributed by atoms with Gasteiger partial charge in [0.05, 0.1) is 24.4 Å². The first kappa shape index (κ1) is 22.9. The summed E-state index contributed by atoms with van der Waals surface area (Å²) < 4.78 is 25.8. The molecule has 1 fully saturated rings. The van der Waals surface area contributed by atoms with Gasteiger partial charge in [0.15, 0.2) is 5.96 Å². The largest absolute Gasteiger partial charge is 0.377 e. The Hall–Kier alpha value is -1.41. The molecule has 0 saturated carbocycles. The van der Waals surface area contributed by atoms with Gasteiger partial charge in [0.1, 0.15) is 5.82 Å². The van der Waals surface area contributed by atoms with Crippen LogP contribution in [0.15, 0.2) is 23.2 Å². The highest BCUT2D eigenvalue weighted by Gasteiger charge is 2.29. The number of rotatable bonds is 7. The molecule has 28 heavy (non-hydrogen) atoms. The lowest BCUT2D eigenvalue weighted by molar-refractivity contribution is -0.0343. The molecule has 1 aromatic rings. The van der Waals surface area contributed by atoms with E-state index >= 15 is 0 Å². The van der Waals surface area contributed by atoms with Gasteiger partial charge in [-0.05, 0) is 32.9 Å². The maximum Gasteiger partial charge on any atom is 0.191 e. The second-order valence-electron chi connectivity index (χ2n) is 7.60. The van der Waals surface area contributed by atoms with Crippen molar-refractivity contribution in [1.82, 2.24) is 15.5 Å². The summed E-state index contributed by atoms with van der Waals surface area (Å²) in [7, 11) is 3.38. The zero-order chi connectivity index (χ0) is 20.7. The van der Waals surface area contributed by atoms with Gasteiger partial charge < -0.3 is 20.1 Å².